The van der Waals surface area contributed by atoms with E-state index in [2.05, 4.69) is 11.9 Å². The summed E-state index contributed by atoms with van der Waals surface area (Å²) in [5.41, 5.74) is 6.86. The Kier molecular flexibility index (Phi) is 5.03. The Bertz CT molecular complexity index is 582. The summed E-state index contributed by atoms with van der Waals surface area (Å²) in [4.78, 5) is 2.58. The van der Waals surface area contributed by atoms with Gasteiger partial charge < -0.3 is 5.73 Å². The Morgan fingerprint density at radius 1 is 1.29 bits per heavy atom. The van der Waals surface area contributed by atoms with Crippen molar-refractivity contribution >= 4 is 10.0 Å². The third kappa shape index (κ3) is 3.83. The van der Waals surface area contributed by atoms with Crippen LogP contribution < -0.4 is 5.73 Å². The first-order valence-corrected chi connectivity index (χ1v) is 8.72. The molecule has 0 spiro atoms. The molecule has 2 N–H and O–H groups in total. The second kappa shape index (κ2) is 6.44. The molecule has 6 heteroatoms. The molecule has 0 heterocycles. The zero-order valence-corrected chi connectivity index (χ0v) is 13.8. The third-order valence-electron chi connectivity index (χ3n) is 4.08. The molecule has 1 saturated carbocycles. The first-order valence-electron chi connectivity index (χ1n) is 7.28. The second-order valence-electron chi connectivity index (χ2n) is 5.99. The zero-order valence-electron chi connectivity index (χ0n) is 13.0. The van der Waals surface area contributed by atoms with Crippen LogP contribution in [0.25, 0.3) is 0 Å². The van der Waals surface area contributed by atoms with Gasteiger partial charge in [0, 0.05) is 33.2 Å². The van der Waals surface area contributed by atoms with Gasteiger partial charge in [0.2, 0.25) is 10.0 Å². The third-order valence-corrected chi connectivity index (χ3v) is 5.89. The quantitative estimate of drug-likeness (QED) is 0.819. The lowest BCUT2D eigenvalue weighted by Crippen LogP contribution is -2.39. The summed E-state index contributed by atoms with van der Waals surface area (Å²) in [6.45, 7) is 1.37. The standard InChI is InChI=1S/C15H25N3O2S/c1-17(2)21(19,20)14-6-4-5-12(9-14)11-18(3)15(10-16)13-7-8-13/h4-6,9,13,15H,7-8,10-11,16H2,1-3H3. The summed E-state index contributed by atoms with van der Waals surface area (Å²) in [6.07, 6.45) is 2.50. The maximum absolute atomic E-state index is 12.2. The van der Waals surface area contributed by atoms with Crippen molar-refractivity contribution in [1.82, 2.24) is 9.21 Å². The highest BCUT2D eigenvalue weighted by Crippen LogP contribution is 2.35. The van der Waals surface area contributed by atoms with E-state index in [-0.39, 0.29) is 0 Å². The van der Waals surface area contributed by atoms with E-state index in [1.807, 2.05) is 6.07 Å². The molecule has 0 bridgehead atoms. The van der Waals surface area contributed by atoms with E-state index in [0.29, 0.717) is 23.4 Å². The maximum atomic E-state index is 12.2. The fraction of sp³-hybridized carbons (Fsp3) is 0.600. The van der Waals surface area contributed by atoms with E-state index in [1.165, 1.54) is 17.1 Å². The molecule has 1 atom stereocenters. The monoisotopic (exact) mass is 311 g/mol. The normalized spacial score (nSPS) is 17.4. The minimum Gasteiger partial charge on any atom is -0.329 e. The summed E-state index contributed by atoms with van der Waals surface area (Å²) in [5, 5.41) is 0. The van der Waals surface area contributed by atoms with E-state index in [4.69, 9.17) is 5.73 Å². The minimum atomic E-state index is -3.37. The molecule has 1 fully saturated rings. The van der Waals surface area contributed by atoms with Crippen molar-refractivity contribution < 1.29 is 8.42 Å². The van der Waals surface area contributed by atoms with E-state index < -0.39 is 10.0 Å². The molecule has 21 heavy (non-hydrogen) atoms. The molecule has 118 valence electrons. The molecule has 1 unspecified atom stereocenters. The number of rotatable bonds is 7. The molecule has 0 saturated heterocycles. The average molecular weight is 311 g/mol. The highest BCUT2D eigenvalue weighted by molar-refractivity contribution is 7.89. The maximum Gasteiger partial charge on any atom is 0.242 e. The van der Waals surface area contributed by atoms with Crippen molar-refractivity contribution in [1.29, 1.82) is 0 Å². The largest absolute Gasteiger partial charge is 0.329 e. The van der Waals surface area contributed by atoms with Crippen LogP contribution in [0.1, 0.15) is 18.4 Å². The molecule has 0 radical (unpaired) electrons. The number of likely N-dealkylation sites (N-methyl/N-ethyl adjacent to an activating group) is 1. The van der Waals surface area contributed by atoms with Gasteiger partial charge in [-0.25, -0.2) is 12.7 Å². The first-order chi connectivity index (χ1) is 9.86. The van der Waals surface area contributed by atoms with Crippen LogP contribution in [0.15, 0.2) is 29.2 Å². The second-order valence-corrected chi connectivity index (χ2v) is 8.14. The van der Waals surface area contributed by atoms with Crippen molar-refractivity contribution in [3.05, 3.63) is 29.8 Å². The fourth-order valence-electron chi connectivity index (χ4n) is 2.63. The number of benzene rings is 1. The van der Waals surface area contributed by atoms with E-state index in [9.17, 15) is 8.42 Å². The van der Waals surface area contributed by atoms with Crippen LogP contribution in [0.2, 0.25) is 0 Å². The highest BCUT2D eigenvalue weighted by atomic mass is 32.2. The van der Waals surface area contributed by atoms with Crippen LogP contribution in [0, 0.1) is 5.92 Å². The Balaban J connectivity index is 2.14. The van der Waals surface area contributed by atoms with Crippen LogP contribution in [-0.2, 0) is 16.6 Å². The van der Waals surface area contributed by atoms with Crippen LogP contribution in [0.5, 0.6) is 0 Å². The molecule has 1 aromatic rings. The number of sulfonamides is 1. The lowest BCUT2D eigenvalue weighted by atomic mass is 10.1. The van der Waals surface area contributed by atoms with Gasteiger partial charge in [-0.15, -0.1) is 0 Å². The Hall–Kier alpha value is -0.950. The minimum absolute atomic E-state index is 0.342. The van der Waals surface area contributed by atoms with Gasteiger partial charge in [-0.2, -0.15) is 0 Å². The Labute approximate surface area is 127 Å². The molecule has 0 aliphatic heterocycles. The number of nitrogens with zero attached hydrogens (tertiary/aromatic N) is 2. The first kappa shape index (κ1) is 16.4. The highest BCUT2D eigenvalue weighted by Gasteiger charge is 2.32. The van der Waals surface area contributed by atoms with E-state index >= 15 is 0 Å². The van der Waals surface area contributed by atoms with Gasteiger partial charge in [-0.05, 0) is 43.5 Å². The van der Waals surface area contributed by atoms with Crippen molar-refractivity contribution in [2.24, 2.45) is 11.7 Å². The van der Waals surface area contributed by atoms with Gasteiger partial charge in [0.25, 0.3) is 0 Å². The molecular formula is C15H25N3O2S. The summed E-state index contributed by atoms with van der Waals surface area (Å²) in [7, 11) is 1.78. The average Bonchev–Trinajstić information content (AvgIpc) is 3.24. The number of hydrogen-bond donors (Lipinski definition) is 1. The van der Waals surface area contributed by atoms with Gasteiger partial charge in [0.05, 0.1) is 4.90 Å². The summed E-state index contributed by atoms with van der Waals surface area (Å²) in [5.74, 6) is 0.702. The molecule has 1 aliphatic rings. The summed E-state index contributed by atoms with van der Waals surface area (Å²) < 4.78 is 25.6. The zero-order chi connectivity index (χ0) is 15.6. The van der Waals surface area contributed by atoms with Crippen LogP contribution in [0.4, 0.5) is 0 Å². The van der Waals surface area contributed by atoms with Crippen molar-refractivity contribution in [2.75, 3.05) is 27.7 Å². The van der Waals surface area contributed by atoms with Crippen molar-refractivity contribution in [3.8, 4) is 0 Å². The Morgan fingerprint density at radius 3 is 2.48 bits per heavy atom. The lowest BCUT2D eigenvalue weighted by Gasteiger charge is -2.27. The molecule has 0 amide bonds. The van der Waals surface area contributed by atoms with Crippen LogP contribution in [0.3, 0.4) is 0 Å². The topological polar surface area (TPSA) is 66.6 Å². The Morgan fingerprint density at radius 2 is 1.95 bits per heavy atom. The SMILES string of the molecule is CN(Cc1cccc(S(=O)(=O)N(C)C)c1)C(CN)C1CC1. The predicted octanol–water partition coefficient (Wildman–Crippen LogP) is 1.11. The van der Waals surface area contributed by atoms with E-state index in [0.717, 1.165) is 12.1 Å². The smallest absolute Gasteiger partial charge is 0.242 e. The van der Waals surface area contributed by atoms with Gasteiger partial charge in [-0.1, -0.05) is 12.1 Å². The molecule has 5 nitrogen and oxygen atoms in total. The number of hydrogen-bond acceptors (Lipinski definition) is 4. The molecule has 1 aliphatic carbocycles. The lowest BCUT2D eigenvalue weighted by molar-refractivity contribution is 0.215. The van der Waals surface area contributed by atoms with Gasteiger partial charge in [0.1, 0.15) is 0 Å². The molecular weight excluding hydrogens is 286 g/mol. The van der Waals surface area contributed by atoms with Gasteiger partial charge in [0.15, 0.2) is 0 Å². The van der Waals surface area contributed by atoms with Gasteiger partial charge in [-0.3, -0.25) is 4.90 Å². The molecule has 1 aromatic carbocycles. The van der Waals surface area contributed by atoms with Crippen LogP contribution in [-0.4, -0.2) is 51.4 Å². The van der Waals surface area contributed by atoms with Crippen molar-refractivity contribution in [2.45, 2.75) is 30.3 Å². The van der Waals surface area contributed by atoms with Crippen molar-refractivity contribution in [3.63, 3.8) is 0 Å². The van der Waals surface area contributed by atoms with Crippen LogP contribution >= 0.6 is 0 Å². The predicted molar refractivity (Wildman–Crippen MR) is 84.3 cm³/mol. The van der Waals surface area contributed by atoms with Gasteiger partial charge >= 0.3 is 0 Å². The summed E-state index contributed by atoms with van der Waals surface area (Å²) >= 11 is 0. The summed E-state index contributed by atoms with van der Waals surface area (Å²) in [6, 6.07) is 7.55. The van der Waals surface area contributed by atoms with E-state index in [1.54, 1.807) is 32.3 Å². The molecule has 0 aromatic heterocycles. The fourth-order valence-corrected chi connectivity index (χ4v) is 3.61. The number of nitrogens with two attached hydrogens (primary N) is 1. The molecule has 2 rings (SSSR count).